The fraction of sp³-hybridized carbons (Fsp3) is 0.412. The number of imidazole rings is 1. The summed E-state index contributed by atoms with van der Waals surface area (Å²) in [6.07, 6.45) is 2.96. The Morgan fingerprint density at radius 2 is 1.95 bits per heavy atom. The van der Waals surface area contributed by atoms with Gasteiger partial charge in [0.1, 0.15) is 11.3 Å². The Labute approximate surface area is 130 Å². The van der Waals surface area contributed by atoms with Gasteiger partial charge in [-0.3, -0.25) is 4.98 Å². The number of benzene rings is 1. The van der Waals surface area contributed by atoms with Crippen molar-refractivity contribution in [3.63, 3.8) is 0 Å². The molecule has 0 bridgehead atoms. The van der Waals surface area contributed by atoms with Gasteiger partial charge >= 0.3 is 0 Å². The average molecular weight is 302 g/mol. The van der Waals surface area contributed by atoms with Gasteiger partial charge in [-0.15, -0.1) is 11.6 Å². The second kappa shape index (κ2) is 5.30. The Balaban J connectivity index is 2.31. The Bertz CT molecular complexity index is 789. The number of hydrogen-bond acceptors (Lipinski definition) is 2. The molecule has 21 heavy (non-hydrogen) atoms. The quantitative estimate of drug-likeness (QED) is 0.650. The standard InChI is InChI=1S/C17H20ClN3/c1-4-17(2,3)11-21-15(9-18)20-14-10-19-13-8-6-5-7-12(13)16(14)21/h5-8,10H,4,9,11H2,1-3H3. The summed E-state index contributed by atoms with van der Waals surface area (Å²) in [7, 11) is 0. The first kappa shape index (κ1) is 14.3. The van der Waals surface area contributed by atoms with E-state index in [2.05, 4.69) is 41.4 Å². The highest BCUT2D eigenvalue weighted by molar-refractivity contribution is 6.17. The van der Waals surface area contributed by atoms with Crippen LogP contribution >= 0.6 is 11.6 Å². The van der Waals surface area contributed by atoms with Gasteiger partial charge in [0.15, 0.2) is 0 Å². The summed E-state index contributed by atoms with van der Waals surface area (Å²) in [5.41, 5.74) is 3.29. The Hall–Kier alpha value is -1.61. The highest BCUT2D eigenvalue weighted by Gasteiger charge is 2.21. The van der Waals surface area contributed by atoms with Crippen LogP contribution in [0.3, 0.4) is 0 Å². The van der Waals surface area contributed by atoms with E-state index >= 15 is 0 Å². The molecule has 110 valence electrons. The molecule has 0 saturated heterocycles. The van der Waals surface area contributed by atoms with E-state index in [-0.39, 0.29) is 5.41 Å². The topological polar surface area (TPSA) is 30.7 Å². The summed E-state index contributed by atoms with van der Waals surface area (Å²) in [5, 5.41) is 1.14. The van der Waals surface area contributed by atoms with E-state index in [1.165, 1.54) is 0 Å². The lowest BCUT2D eigenvalue weighted by atomic mass is 9.90. The maximum Gasteiger partial charge on any atom is 0.124 e. The zero-order valence-electron chi connectivity index (χ0n) is 12.7. The molecular formula is C17H20ClN3. The second-order valence-electron chi connectivity index (χ2n) is 6.27. The van der Waals surface area contributed by atoms with Crippen LogP contribution in [0.1, 0.15) is 33.0 Å². The fourth-order valence-electron chi connectivity index (χ4n) is 2.62. The predicted octanol–water partition coefficient (Wildman–Crippen LogP) is 4.76. The van der Waals surface area contributed by atoms with Gasteiger partial charge in [-0.25, -0.2) is 4.98 Å². The van der Waals surface area contributed by atoms with Crippen molar-refractivity contribution in [2.24, 2.45) is 5.41 Å². The van der Waals surface area contributed by atoms with Crippen molar-refractivity contribution in [1.82, 2.24) is 14.5 Å². The maximum atomic E-state index is 6.12. The van der Waals surface area contributed by atoms with E-state index in [0.717, 1.165) is 40.7 Å². The first-order valence-corrected chi connectivity index (χ1v) is 7.88. The number of pyridine rings is 1. The molecule has 0 aliphatic rings. The fourth-order valence-corrected chi connectivity index (χ4v) is 2.83. The van der Waals surface area contributed by atoms with E-state index in [1.54, 1.807) is 0 Å². The van der Waals surface area contributed by atoms with Crippen LogP contribution in [-0.2, 0) is 12.4 Å². The second-order valence-corrected chi connectivity index (χ2v) is 6.54. The van der Waals surface area contributed by atoms with E-state index in [0.29, 0.717) is 5.88 Å². The molecule has 3 rings (SSSR count). The summed E-state index contributed by atoms with van der Waals surface area (Å²) >= 11 is 6.12. The number of fused-ring (bicyclic) bond motifs is 3. The van der Waals surface area contributed by atoms with Gasteiger partial charge in [0.2, 0.25) is 0 Å². The maximum absolute atomic E-state index is 6.12. The molecule has 0 fully saturated rings. The normalized spacial score (nSPS) is 12.4. The lowest BCUT2D eigenvalue weighted by molar-refractivity contribution is 0.295. The Morgan fingerprint density at radius 1 is 1.19 bits per heavy atom. The zero-order chi connectivity index (χ0) is 15.0. The average Bonchev–Trinajstić information content (AvgIpc) is 2.85. The minimum atomic E-state index is 0.207. The zero-order valence-corrected chi connectivity index (χ0v) is 13.5. The van der Waals surface area contributed by atoms with E-state index in [1.807, 2.05) is 24.4 Å². The summed E-state index contributed by atoms with van der Waals surface area (Å²) in [4.78, 5) is 9.16. The molecule has 0 spiro atoms. The van der Waals surface area contributed by atoms with Crippen LogP contribution in [0.5, 0.6) is 0 Å². The highest BCUT2D eigenvalue weighted by Crippen LogP contribution is 2.30. The summed E-state index contributed by atoms with van der Waals surface area (Å²) in [6.45, 7) is 7.69. The van der Waals surface area contributed by atoms with Gasteiger partial charge < -0.3 is 4.57 Å². The molecule has 0 unspecified atom stereocenters. The number of halogens is 1. The van der Waals surface area contributed by atoms with Crippen LogP contribution in [0, 0.1) is 5.41 Å². The number of alkyl halides is 1. The molecular weight excluding hydrogens is 282 g/mol. The minimum Gasteiger partial charge on any atom is -0.326 e. The number of aromatic nitrogens is 3. The molecule has 4 heteroatoms. The molecule has 0 atom stereocenters. The third-order valence-corrected chi connectivity index (χ3v) is 4.46. The van der Waals surface area contributed by atoms with Crippen molar-refractivity contribution in [1.29, 1.82) is 0 Å². The van der Waals surface area contributed by atoms with E-state index in [4.69, 9.17) is 11.6 Å². The number of rotatable bonds is 4. The van der Waals surface area contributed by atoms with Gasteiger partial charge in [-0.05, 0) is 17.9 Å². The van der Waals surface area contributed by atoms with Gasteiger partial charge in [0.25, 0.3) is 0 Å². The molecule has 2 aromatic heterocycles. The first-order chi connectivity index (χ1) is 10.1. The SMILES string of the molecule is CCC(C)(C)Cn1c(CCl)nc2cnc3ccccc3c21. The van der Waals surface area contributed by atoms with Crippen LogP contribution in [0.15, 0.2) is 30.5 Å². The summed E-state index contributed by atoms with van der Waals surface area (Å²) in [5.74, 6) is 1.34. The lowest BCUT2D eigenvalue weighted by Crippen LogP contribution is -2.20. The molecule has 0 aliphatic carbocycles. The Morgan fingerprint density at radius 3 is 2.67 bits per heavy atom. The molecule has 0 radical (unpaired) electrons. The third-order valence-electron chi connectivity index (χ3n) is 4.22. The molecule has 0 amide bonds. The summed E-state index contributed by atoms with van der Waals surface area (Å²) in [6, 6.07) is 8.21. The predicted molar refractivity (Wildman–Crippen MR) is 88.7 cm³/mol. The monoisotopic (exact) mass is 301 g/mol. The number of hydrogen-bond donors (Lipinski definition) is 0. The van der Waals surface area contributed by atoms with E-state index in [9.17, 15) is 0 Å². The van der Waals surface area contributed by atoms with Crippen molar-refractivity contribution >= 4 is 33.5 Å². The minimum absolute atomic E-state index is 0.207. The Kier molecular flexibility index (Phi) is 3.62. The number of para-hydroxylation sites is 1. The molecule has 3 aromatic rings. The van der Waals surface area contributed by atoms with Crippen LogP contribution < -0.4 is 0 Å². The molecule has 0 saturated carbocycles. The molecule has 2 heterocycles. The van der Waals surface area contributed by atoms with E-state index < -0.39 is 0 Å². The van der Waals surface area contributed by atoms with Crippen LogP contribution in [0.25, 0.3) is 21.9 Å². The van der Waals surface area contributed by atoms with Crippen molar-refractivity contribution in [2.45, 2.75) is 39.6 Å². The molecule has 0 N–H and O–H groups in total. The van der Waals surface area contributed by atoms with Gasteiger partial charge in [-0.1, -0.05) is 39.0 Å². The summed E-state index contributed by atoms with van der Waals surface area (Å²) < 4.78 is 2.27. The van der Waals surface area contributed by atoms with Gasteiger partial charge in [0.05, 0.1) is 23.1 Å². The molecule has 0 aliphatic heterocycles. The molecule has 1 aromatic carbocycles. The van der Waals surface area contributed by atoms with Gasteiger partial charge in [-0.2, -0.15) is 0 Å². The van der Waals surface area contributed by atoms with Crippen molar-refractivity contribution in [2.75, 3.05) is 0 Å². The lowest BCUT2D eigenvalue weighted by Gasteiger charge is -2.24. The first-order valence-electron chi connectivity index (χ1n) is 7.34. The van der Waals surface area contributed by atoms with Crippen molar-refractivity contribution in [3.8, 4) is 0 Å². The van der Waals surface area contributed by atoms with Crippen LogP contribution in [0.4, 0.5) is 0 Å². The van der Waals surface area contributed by atoms with Gasteiger partial charge in [0, 0.05) is 11.9 Å². The molecule has 3 nitrogen and oxygen atoms in total. The van der Waals surface area contributed by atoms with Crippen LogP contribution in [-0.4, -0.2) is 14.5 Å². The third kappa shape index (κ3) is 2.51. The van der Waals surface area contributed by atoms with Crippen LogP contribution in [0.2, 0.25) is 0 Å². The largest absolute Gasteiger partial charge is 0.326 e. The smallest absolute Gasteiger partial charge is 0.124 e. The number of nitrogens with zero attached hydrogens (tertiary/aromatic N) is 3. The van der Waals surface area contributed by atoms with Crippen molar-refractivity contribution < 1.29 is 0 Å². The highest BCUT2D eigenvalue weighted by atomic mass is 35.5. The van der Waals surface area contributed by atoms with Crippen molar-refractivity contribution in [3.05, 3.63) is 36.3 Å².